The Bertz CT molecular complexity index is 1300. The third-order valence-electron chi connectivity index (χ3n) is 14.4. The molecule has 0 aromatic heterocycles. The largest absolute Gasteiger partial charge is 0.457 e. The highest BCUT2D eigenvalue weighted by molar-refractivity contribution is 7.80. The normalized spacial score (nSPS) is 18.9. The molecule has 4 N–H and O–H groups in total. The molecule has 12 nitrogen and oxygen atoms in total. The van der Waals surface area contributed by atoms with Crippen LogP contribution in [0.3, 0.4) is 0 Å². The van der Waals surface area contributed by atoms with E-state index in [-0.39, 0.29) is 19.6 Å². The predicted octanol–water partition coefficient (Wildman–Crippen LogP) is 15.3. The van der Waals surface area contributed by atoms with Gasteiger partial charge in [-0.1, -0.05) is 264 Å². The van der Waals surface area contributed by atoms with Gasteiger partial charge in [-0.25, -0.2) is 4.18 Å². The summed E-state index contributed by atoms with van der Waals surface area (Å²) in [4.78, 5) is 13.0. The van der Waals surface area contributed by atoms with E-state index in [2.05, 4.69) is 30.2 Å². The van der Waals surface area contributed by atoms with Gasteiger partial charge in [-0.05, 0) is 38.5 Å². The van der Waals surface area contributed by atoms with Crippen molar-refractivity contribution in [3.63, 3.8) is 0 Å². The molecule has 0 spiro atoms. The van der Waals surface area contributed by atoms with Crippen LogP contribution in [0.15, 0.2) is 12.2 Å². The first-order chi connectivity index (χ1) is 35.1. The van der Waals surface area contributed by atoms with E-state index in [4.69, 9.17) is 18.9 Å². The van der Waals surface area contributed by atoms with Crippen LogP contribution in [-0.2, 0) is 38.3 Å². The highest BCUT2D eigenvalue weighted by Gasteiger charge is 2.48. The van der Waals surface area contributed by atoms with Crippen molar-refractivity contribution in [1.82, 2.24) is 0 Å². The molecule has 6 atom stereocenters. The second kappa shape index (κ2) is 50.6. The number of esters is 1. The van der Waals surface area contributed by atoms with E-state index in [1.165, 1.54) is 231 Å². The van der Waals surface area contributed by atoms with Crippen molar-refractivity contribution in [2.24, 2.45) is 0 Å². The second-order valence-corrected chi connectivity index (χ2v) is 22.4. The van der Waals surface area contributed by atoms with Crippen molar-refractivity contribution in [2.75, 3.05) is 26.4 Å². The van der Waals surface area contributed by atoms with Crippen LogP contribution in [0, 0.1) is 0 Å². The van der Waals surface area contributed by atoms with Crippen molar-refractivity contribution in [2.45, 2.75) is 333 Å². The van der Waals surface area contributed by atoms with Gasteiger partial charge in [-0.15, -0.1) is 0 Å². The Morgan fingerprint density at radius 3 is 1.25 bits per heavy atom. The molecule has 0 aromatic rings. The van der Waals surface area contributed by atoms with Gasteiger partial charge in [-0.2, -0.15) is 8.42 Å². The number of ether oxygens (including phenoxy) is 4. The first-order valence-electron chi connectivity index (χ1n) is 30.4. The van der Waals surface area contributed by atoms with Crippen LogP contribution < -0.4 is 0 Å². The lowest BCUT2D eigenvalue weighted by atomic mass is 9.99. The number of rotatable bonds is 55. The molecule has 13 heteroatoms. The van der Waals surface area contributed by atoms with E-state index in [0.717, 1.165) is 38.5 Å². The number of carbonyl (C=O) groups is 1. The van der Waals surface area contributed by atoms with Gasteiger partial charge in [0.15, 0.2) is 6.29 Å². The molecule has 0 saturated carbocycles. The topological polar surface area (TPSA) is 178 Å². The van der Waals surface area contributed by atoms with Crippen molar-refractivity contribution in [1.29, 1.82) is 0 Å². The SMILES string of the molecule is CCCCCCCCCC/C=C\CCCCCCCCCCCCCCOCC(COC1OC(CO)C(O)C(OS(=O)(=O)O)C1O)OC(=O)CCCCCCCCCCCCCCCCCCCCCCC. The second-order valence-electron chi connectivity index (χ2n) is 21.3. The van der Waals surface area contributed by atoms with Crippen LogP contribution in [0.25, 0.3) is 0 Å². The van der Waals surface area contributed by atoms with Crippen molar-refractivity contribution < 1.29 is 56.2 Å². The zero-order valence-electron chi connectivity index (χ0n) is 46.5. The van der Waals surface area contributed by atoms with Crippen LogP contribution in [0.2, 0.25) is 0 Å². The summed E-state index contributed by atoms with van der Waals surface area (Å²) in [6.07, 6.45) is 51.1. The first kappa shape index (κ1) is 68.9. The molecular weight excluding hydrogens is 933 g/mol. The molecular formula is C59H114O12S. The van der Waals surface area contributed by atoms with Gasteiger partial charge < -0.3 is 34.3 Å². The number of hydrogen-bond donors (Lipinski definition) is 4. The van der Waals surface area contributed by atoms with E-state index in [1.807, 2.05) is 0 Å². The summed E-state index contributed by atoms with van der Waals surface area (Å²) in [6, 6.07) is 0. The molecule has 1 rings (SSSR count). The molecule has 0 bridgehead atoms. The number of aliphatic hydroxyl groups excluding tert-OH is 3. The fourth-order valence-electron chi connectivity index (χ4n) is 9.79. The third kappa shape index (κ3) is 43.0. The molecule has 428 valence electrons. The lowest BCUT2D eigenvalue weighted by Crippen LogP contribution is -2.60. The van der Waals surface area contributed by atoms with E-state index in [1.54, 1.807) is 0 Å². The molecule has 1 heterocycles. The van der Waals surface area contributed by atoms with Crippen molar-refractivity contribution >= 4 is 16.4 Å². The Morgan fingerprint density at radius 2 is 0.875 bits per heavy atom. The van der Waals surface area contributed by atoms with Gasteiger partial charge >= 0.3 is 16.4 Å². The molecule has 1 saturated heterocycles. The fourth-order valence-corrected chi connectivity index (χ4v) is 10.3. The summed E-state index contributed by atoms with van der Waals surface area (Å²) in [7, 11) is -5.06. The van der Waals surface area contributed by atoms with E-state index in [0.29, 0.717) is 13.0 Å². The lowest BCUT2D eigenvalue weighted by Gasteiger charge is -2.41. The van der Waals surface area contributed by atoms with Crippen molar-refractivity contribution in [3.8, 4) is 0 Å². The first-order valence-corrected chi connectivity index (χ1v) is 31.8. The summed E-state index contributed by atoms with van der Waals surface area (Å²) in [5.41, 5.74) is 0. The van der Waals surface area contributed by atoms with Gasteiger partial charge in [-0.3, -0.25) is 9.35 Å². The minimum Gasteiger partial charge on any atom is -0.457 e. The quantitative estimate of drug-likeness (QED) is 0.0196. The molecule has 6 unspecified atom stereocenters. The summed E-state index contributed by atoms with van der Waals surface area (Å²) < 4.78 is 59.5. The molecule has 1 fully saturated rings. The number of unbranched alkanes of at least 4 members (excludes halogenated alkanes) is 40. The highest BCUT2D eigenvalue weighted by Crippen LogP contribution is 2.26. The molecule has 0 aliphatic carbocycles. The molecule has 1 aliphatic heterocycles. The van der Waals surface area contributed by atoms with Gasteiger partial charge in [0.25, 0.3) is 0 Å². The standard InChI is InChI=1S/C59H114O12S/c1-3-5-7-9-11-13-15-17-19-21-23-25-26-27-29-31-33-35-37-39-41-43-45-47-49-67-51-53(52-68-59-57(63)58(71-72(64,65)66)56(62)54(50-60)70-59)69-55(61)48-46-44-42-40-38-36-34-32-30-28-24-22-20-18-16-14-12-10-8-6-4-2/h21,23,53-54,56-60,62-63H,3-20,22,24-52H2,1-2H3,(H,64,65,66)/b23-21-. The fraction of sp³-hybridized carbons (Fsp3) is 0.949. The average molecular weight is 1050 g/mol. The lowest BCUT2D eigenvalue weighted by molar-refractivity contribution is -0.301. The molecule has 0 aromatic carbocycles. The van der Waals surface area contributed by atoms with E-state index >= 15 is 0 Å². The van der Waals surface area contributed by atoms with Crippen LogP contribution in [0.1, 0.15) is 296 Å². The Morgan fingerprint density at radius 1 is 0.514 bits per heavy atom. The Kier molecular flexibility index (Phi) is 48.4. The van der Waals surface area contributed by atoms with Gasteiger partial charge in [0.05, 0.1) is 19.8 Å². The minimum absolute atomic E-state index is 0.0426. The summed E-state index contributed by atoms with van der Waals surface area (Å²) in [5, 5.41) is 30.9. The number of aliphatic hydroxyl groups is 3. The summed E-state index contributed by atoms with van der Waals surface area (Å²) in [6.45, 7) is 4.07. The Balaban J connectivity index is 2.26. The summed E-state index contributed by atoms with van der Waals surface area (Å²) >= 11 is 0. The van der Waals surface area contributed by atoms with E-state index in [9.17, 15) is 33.1 Å². The average Bonchev–Trinajstić information content (AvgIpc) is 3.36. The van der Waals surface area contributed by atoms with Crippen LogP contribution in [0.5, 0.6) is 0 Å². The number of carbonyl (C=O) groups excluding carboxylic acids is 1. The monoisotopic (exact) mass is 1050 g/mol. The van der Waals surface area contributed by atoms with E-state index < -0.39 is 59.8 Å². The highest BCUT2D eigenvalue weighted by atomic mass is 32.3. The Labute approximate surface area is 442 Å². The smallest absolute Gasteiger partial charge is 0.397 e. The molecule has 1 aliphatic rings. The zero-order chi connectivity index (χ0) is 52.4. The number of allylic oxidation sites excluding steroid dienone is 2. The van der Waals surface area contributed by atoms with Gasteiger partial charge in [0.2, 0.25) is 0 Å². The predicted molar refractivity (Wildman–Crippen MR) is 294 cm³/mol. The maximum atomic E-state index is 13.0. The van der Waals surface area contributed by atoms with Gasteiger partial charge in [0.1, 0.15) is 30.5 Å². The van der Waals surface area contributed by atoms with Crippen LogP contribution in [-0.4, -0.2) is 97.5 Å². The Hall–Kier alpha value is -1.16. The van der Waals surface area contributed by atoms with Crippen LogP contribution >= 0.6 is 0 Å². The van der Waals surface area contributed by atoms with Gasteiger partial charge in [0, 0.05) is 13.0 Å². The molecule has 0 amide bonds. The van der Waals surface area contributed by atoms with Crippen molar-refractivity contribution in [3.05, 3.63) is 12.2 Å². The van der Waals surface area contributed by atoms with Crippen LogP contribution in [0.4, 0.5) is 0 Å². The number of hydrogen-bond acceptors (Lipinski definition) is 11. The molecule has 0 radical (unpaired) electrons. The zero-order valence-corrected chi connectivity index (χ0v) is 47.3. The maximum absolute atomic E-state index is 13.0. The summed E-state index contributed by atoms with van der Waals surface area (Å²) in [5.74, 6) is -0.390. The molecule has 72 heavy (non-hydrogen) atoms. The third-order valence-corrected chi connectivity index (χ3v) is 14.9. The minimum atomic E-state index is -5.06. The maximum Gasteiger partial charge on any atom is 0.397 e.